The number of rotatable bonds is 8. The van der Waals surface area contributed by atoms with E-state index in [4.69, 9.17) is 37.9 Å². The van der Waals surface area contributed by atoms with Crippen LogP contribution < -0.4 is 0 Å². The van der Waals surface area contributed by atoms with Crippen LogP contribution in [0.3, 0.4) is 0 Å². The van der Waals surface area contributed by atoms with E-state index < -0.39 is 65.5 Å². The lowest BCUT2D eigenvalue weighted by Gasteiger charge is -2.50. The monoisotopic (exact) mass is 622 g/mol. The Hall–Kier alpha value is -0.960. The predicted molar refractivity (Wildman–Crippen MR) is 155 cm³/mol. The number of aliphatic hydroxyl groups is 3. The standard InChI is InChI=1S/C33H50O11/c1-16(2)18-8-10-30(4)12-20-19(9-11-32(20,36)15-38-7)17(3)24(34)26(23(18)30)41-28-25(35)27-33(22(40-28)13-37-6)43-29(42-27)31(5,44-33)21-14-39-21/h12,16-17,19,21-22,24-29,34-36H,8-11,13-15H2,1-7H3. The molecule has 5 fully saturated rings. The lowest BCUT2D eigenvalue weighted by molar-refractivity contribution is -0.385. The minimum absolute atomic E-state index is 0.0440. The summed E-state index contributed by atoms with van der Waals surface area (Å²) in [6.45, 7) is 11.3. The van der Waals surface area contributed by atoms with Crippen LogP contribution >= 0.6 is 0 Å². The Morgan fingerprint density at radius 1 is 1.07 bits per heavy atom. The van der Waals surface area contributed by atoms with Gasteiger partial charge in [0.25, 0.3) is 0 Å². The van der Waals surface area contributed by atoms with Crippen LogP contribution in [0.4, 0.5) is 0 Å². The maximum absolute atomic E-state index is 12.2. The van der Waals surface area contributed by atoms with Gasteiger partial charge in [-0.1, -0.05) is 39.3 Å². The topological polar surface area (TPSA) is 138 Å². The number of epoxide rings is 1. The molecule has 0 radical (unpaired) electrons. The lowest BCUT2D eigenvalue weighted by Crippen LogP contribution is -2.70. The number of methoxy groups -OCH3 is 2. The molecule has 0 amide bonds. The maximum Gasteiger partial charge on any atom is 0.230 e. The summed E-state index contributed by atoms with van der Waals surface area (Å²) in [5, 5.41) is 35.7. The van der Waals surface area contributed by atoms with Gasteiger partial charge in [-0.05, 0) is 61.5 Å². The van der Waals surface area contributed by atoms with Gasteiger partial charge in [-0.25, -0.2) is 0 Å². The number of ether oxygens (including phenoxy) is 8. The van der Waals surface area contributed by atoms with Crippen molar-refractivity contribution in [1.29, 1.82) is 0 Å². The zero-order valence-electron chi connectivity index (χ0n) is 27.0. The van der Waals surface area contributed by atoms with Crippen LogP contribution in [0.2, 0.25) is 0 Å². The molecule has 2 bridgehead atoms. The van der Waals surface area contributed by atoms with Crippen molar-refractivity contribution < 1.29 is 53.2 Å². The molecular formula is C33H50O11. The minimum Gasteiger partial charge on any atom is -0.390 e. The van der Waals surface area contributed by atoms with Crippen molar-refractivity contribution in [2.75, 3.05) is 34.0 Å². The lowest BCUT2D eigenvalue weighted by atomic mass is 9.68. The first kappa shape index (κ1) is 31.6. The fraction of sp³-hybridized carbons (Fsp3) is 0.879. The van der Waals surface area contributed by atoms with E-state index in [1.165, 1.54) is 5.57 Å². The second kappa shape index (κ2) is 10.8. The van der Waals surface area contributed by atoms with Crippen molar-refractivity contribution in [1.82, 2.24) is 0 Å². The molecule has 11 nitrogen and oxygen atoms in total. The number of hydrogen-bond acceptors (Lipinski definition) is 11. The first-order valence-corrected chi connectivity index (χ1v) is 16.3. The third-order valence-corrected chi connectivity index (χ3v) is 11.7. The minimum atomic E-state index is -1.38. The van der Waals surface area contributed by atoms with Crippen LogP contribution in [0, 0.1) is 23.2 Å². The molecule has 4 aliphatic heterocycles. The second-order valence-corrected chi connectivity index (χ2v) is 14.9. The summed E-state index contributed by atoms with van der Waals surface area (Å²) in [6, 6.07) is 0. The molecule has 7 aliphatic rings. The van der Waals surface area contributed by atoms with Gasteiger partial charge in [0.1, 0.15) is 41.7 Å². The van der Waals surface area contributed by atoms with Gasteiger partial charge < -0.3 is 53.2 Å². The highest BCUT2D eigenvalue weighted by Crippen LogP contribution is 2.59. The molecule has 1 saturated carbocycles. The Labute approximate surface area is 259 Å². The molecule has 44 heavy (non-hydrogen) atoms. The van der Waals surface area contributed by atoms with Gasteiger partial charge in [-0.2, -0.15) is 0 Å². The van der Waals surface area contributed by atoms with Gasteiger partial charge in [0.05, 0.1) is 25.9 Å². The molecule has 4 saturated heterocycles. The zero-order chi connectivity index (χ0) is 31.4. The number of hydrogen-bond donors (Lipinski definition) is 3. The van der Waals surface area contributed by atoms with Crippen molar-refractivity contribution in [3.63, 3.8) is 0 Å². The number of allylic oxidation sites excluding steroid dienone is 2. The van der Waals surface area contributed by atoms with Crippen LogP contribution in [0.5, 0.6) is 0 Å². The Morgan fingerprint density at radius 2 is 1.82 bits per heavy atom. The van der Waals surface area contributed by atoms with E-state index in [0.717, 1.165) is 30.4 Å². The van der Waals surface area contributed by atoms with Crippen molar-refractivity contribution in [2.45, 2.75) is 126 Å². The molecule has 1 spiro atoms. The molecule has 14 unspecified atom stereocenters. The molecule has 4 heterocycles. The summed E-state index contributed by atoms with van der Waals surface area (Å²) >= 11 is 0. The highest BCUT2D eigenvalue weighted by Gasteiger charge is 2.77. The number of aliphatic hydroxyl groups excluding tert-OH is 2. The quantitative estimate of drug-likeness (QED) is 0.271. The molecule has 0 aromatic carbocycles. The van der Waals surface area contributed by atoms with E-state index in [1.54, 1.807) is 14.2 Å². The smallest absolute Gasteiger partial charge is 0.230 e. The van der Waals surface area contributed by atoms with E-state index in [0.29, 0.717) is 13.0 Å². The molecule has 7 rings (SSSR count). The molecule has 3 N–H and O–H groups in total. The first-order valence-electron chi connectivity index (χ1n) is 16.3. The maximum atomic E-state index is 12.2. The molecule has 0 aromatic heterocycles. The summed E-state index contributed by atoms with van der Waals surface area (Å²) in [4.78, 5) is 0. The molecule has 14 atom stereocenters. The van der Waals surface area contributed by atoms with Gasteiger partial charge in [-0.3, -0.25) is 0 Å². The van der Waals surface area contributed by atoms with Gasteiger partial charge in [0, 0.05) is 19.6 Å². The summed E-state index contributed by atoms with van der Waals surface area (Å²) < 4.78 is 49.0. The SMILES string of the molecule is COCC1OC(OC2C3=C(C(C)C)CCC3(C)C=C3C(CCC3(O)COC)C(C)C2O)C(O)C2OC3OC12OC3(C)C1CO1. The van der Waals surface area contributed by atoms with E-state index in [9.17, 15) is 15.3 Å². The average molecular weight is 623 g/mol. The highest BCUT2D eigenvalue weighted by molar-refractivity contribution is 5.42. The summed E-state index contributed by atoms with van der Waals surface area (Å²) in [5.41, 5.74) is 0.814. The van der Waals surface area contributed by atoms with Crippen LogP contribution in [0.15, 0.2) is 22.8 Å². The Morgan fingerprint density at radius 3 is 2.48 bits per heavy atom. The van der Waals surface area contributed by atoms with Crippen LogP contribution in [0.1, 0.15) is 60.3 Å². The number of fused-ring (bicyclic) bond motifs is 3. The molecule has 248 valence electrons. The summed E-state index contributed by atoms with van der Waals surface area (Å²) in [5.74, 6) is -1.45. The molecule has 11 heteroatoms. The van der Waals surface area contributed by atoms with Gasteiger partial charge in [-0.15, -0.1) is 0 Å². The zero-order valence-corrected chi connectivity index (χ0v) is 27.0. The fourth-order valence-electron chi connectivity index (χ4n) is 9.18. The van der Waals surface area contributed by atoms with Crippen molar-refractivity contribution in [2.24, 2.45) is 23.2 Å². The van der Waals surface area contributed by atoms with E-state index in [2.05, 4.69) is 26.8 Å². The largest absolute Gasteiger partial charge is 0.390 e. The summed E-state index contributed by atoms with van der Waals surface area (Å²) in [7, 11) is 3.19. The Bertz CT molecular complexity index is 1200. The Balaban J connectivity index is 1.25. The molecule has 3 aliphatic carbocycles. The second-order valence-electron chi connectivity index (χ2n) is 14.9. The van der Waals surface area contributed by atoms with Crippen molar-refractivity contribution >= 4 is 0 Å². The van der Waals surface area contributed by atoms with Crippen LogP contribution in [-0.4, -0.2) is 116 Å². The van der Waals surface area contributed by atoms with E-state index in [1.807, 2.05) is 13.8 Å². The van der Waals surface area contributed by atoms with E-state index >= 15 is 0 Å². The third-order valence-electron chi connectivity index (χ3n) is 11.7. The van der Waals surface area contributed by atoms with E-state index in [-0.39, 0.29) is 37.1 Å². The van der Waals surface area contributed by atoms with Gasteiger partial charge in [0.2, 0.25) is 5.79 Å². The third kappa shape index (κ3) is 4.49. The van der Waals surface area contributed by atoms with Gasteiger partial charge >= 0.3 is 0 Å². The first-order chi connectivity index (χ1) is 20.8. The van der Waals surface area contributed by atoms with Gasteiger partial charge in [0.15, 0.2) is 12.6 Å². The molecular weight excluding hydrogens is 572 g/mol. The fourth-order valence-corrected chi connectivity index (χ4v) is 9.18. The Kier molecular flexibility index (Phi) is 7.75. The van der Waals surface area contributed by atoms with Crippen molar-refractivity contribution in [3.05, 3.63) is 22.8 Å². The van der Waals surface area contributed by atoms with Crippen molar-refractivity contribution in [3.8, 4) is 0 Å². The van der Waals surface area contributed by atoms with Crippen LogP contribution in [-0.2, 0) is 37.9 Å². The summed E-state index contributed by atoms with van der Waals surface area (Å²) in [6.07, 6.45) is -1.41. The molecule has 0 aromatic rings. The van der Waals surface area contributed by atoms with Crippen LogP contribution in [0.25, 0.3) is 0 Å². The average Bonchev–Trinajstić information content (AvgIpc) is 3.48. The highest BCUT2D eigenvalue weighted by atomic mass is 16.9. The normalized spacial score (nSPS) is 52.9. The predicted octanol–water partition coefficient (Wildman–Crippen LogP) is 2.21.